The summed E-state index contributed by atoms with van der Waals surface area (Å²) in [6.45, 7) is 6.13. The van der Waals surface area contributed by atoms with Crippen molar-refractivity contribution in [3.05, 3.63) is 52.4 Å². The maximum atomic E-state index is 12.8. The summed E-state index contributed by atoms with van der Waals surface area (Å²) in [4.78, 5) is 39.0. The number of rotatable bonds is 7. The fourth-order valence-electron chi connectivity index (χ4n) is 3.56. The summed E-state index contributed by atoms with van der Waals surface area (Å²) in [6, 6.07) is 9.32. The van der Waals surface area contributed by atoms with E-state index in [0.29, 0.717) is 28.6 Å². The van der Waals surface area contributed by atoms with E-state index >= 15 is 0 Å². The van der Waals surface area contributed by atoms with E-state index in [1.165, 1.54) is 16.9 Å². The van der Waals surface area contributed by atoms with Crippen molar-refractivity contribution in [3.63, 3.8) is 0 Å². The molecule has 2 aromatic rings. The van der Waals surface area contributed by atoms with Crippen LogP contribution in [0.3, 0.4) is 0 Å². The summed E-state index contributed by atoms with van der Waals surface area (Å²) in [5.74, 6) is -0.00821. The molecule has 0 aliphatic carbocycles. The zero-order valence-corrected chi connectivity index (χ0v) is 19.1. The van der Waals surface area contributed by atoms with Gasteiger partial charge in [-0.2, -0.15) is 0 Å². The van der Waals surface area contributed by atoms with Crippen LogP contribution in [0.4, 0.5) is 5.00 Å². The molecule has 0 unspecified atom stereocenters. The predicted octanol–water partition coefficient (Wildman–Crippen LogP) is 3.06. The van der Waals surface area contributed by atoms with E-state index in [2.05, 4.69) is 34.7 Å². The number of carbonyl (C=O) groups is 3. The predicted molar refractivity (Wildman–Crippen MR) is 124 cm³/mol. The summed E-state index contributed by atoms with van der Waals surface area (Å²) in [6.07, 6.45) is 1.58. The topological polar surface area (TPSA) is 90.5 Å². The highest BCUT2D eigenvalue weighted by Gasteiger charge is 2.24. The number of likely N-dealkylation sites (tertiary alicyclic amines) is 1. The summed E-state index contributed by atoms with van der Waals surface area (Å²) in [5, 5.41) is 10.9. The van der Waals surface area contributed by atoms with Crippen molar-refractivity contribution in [2.24, 2.45) is 0 Å². The van der Waals surface area contributed by atoms with Crippen molar-refractivity contribution in [2.75, 3.05) is 32.0 Å². The van der Waals surface area contributed by atoms with Gasteiger partial charge in [0.15, 0.2) is 0 Å². The number of carbonyl (C=O) groups excluding carboxylic acids is 3. The third-order valence-electron chi connectivity index (χ3n) is 5.55. The Bertz CT molecular complexity index is 915. The van der Waals surface area contributed by atoms with Gasteiger partial charge in [-0.3, -0.25) is 19.3 Å². The summed E-state index contributed by atoms with van der Waals surface area (Å²) in [7, 11) is 1.63. The van der Waals surface area contributed by atoms with Gasteiger partial charge in [0.2, 0.25) is 5.91 Å². The molecule has 3 rings (SSSR count). The minimum Gasteiger partial charge on any atom is -0.358 e. The van der Waals surface area contributed by atoms with Gasteiger partial charge in [-0.15, -0.1) is 11.3 Å². The molecule has 0 saturated carbocycles. The number of thiophene rings is 1. The molecule has 2 heterocycles. The quantitative estimate of drug-likeness (QED) is 0.615. The second-order valence-corrected chi connectivity index (χ2v) is 9.01. The third kappa shape index (κ3) is 6.15. The first-order valence-corrected chi connectivity index (χ1v) is 11.5. The lowest BCUT2D eigenvalue weighted by atomic mass is 10.0. The van der Waals surface area contributed by atoms with Crippen LogP contribution in [-0.4, -0.2) is 55.3 Å². The number of nitrogens with one attached hydrogen (secondary N) is 3. The van der Waals surface area contributed by atoms with E-state index in [0.717, 1.165) is 25.9 Å². The Balaban J connectivity index is 1.55. The number of nitrogens with zero attached hydrogens (tertiary/aromatic N) is 1. The van der Waals surface area contributed by atoms with Crippen molar-refractivity contribution in [1.29, 1.82) is 0 Å². The highest BCUT2D eigenvalue weighted by atomic mass is 32.1. The molecule has 0 atom stereocenters. The molecule has 1 aromatic carbocycles. The Labute approximate surface area is 187 Å². The van der Waals surface area contributed by atoms with Gasteiger partial charge in [0, 0.05) is 31.7 Å². The normalized spacial score (nSPS) is 15.0. The molecule has 1 aliphatic heterocycles. The highest BCUT2D eigenvalue weighted by molar-refractivity contribution is 7.14. The monoisotopic (exact) mass is 442 g/mol. The maximum absolute atomic E-state index is 12.8. The van der Waals surface area contributed by atoms with Crippen molar-refractivity contribution >= 4 is 34.1 Å². The number of anilines is 1. The van der Waals surface area contributed by atoms with Crippen LogP contribution in [0.2, 0.25) is 0 Å². The lowest BCUT2D eigenvalue weighted by Gasteiger charge is -2.31. The van der Waals surface area contributed by atoms with Gasteiger partial charge in [0.25, 0.3) is 11.8 Å². The molecule has 8 heteroatoms. The van der Waals surface area contributed by atoms with Crippen LogP contribution in [-0.2, 0) is 4.79 Å². The van der Waals surface area contributed by atoms with Crippen LogP contribution in [0.15, 0.2) is 35.7 Å². The van der Waals surface area contributed by atoms with Gasteiger partial charge in [-0.05, 0) is 47.9 Å². The average Bonchev–Trinajstić information content (AvgIpc) is 3.23. The summed E-state index contributed by atoms with van der Waals surface area (Å²) >= 11 is 1.34. The van der Waals surface area contributed by atoms with E-state index in [9.17, 15) is 14.4 Å². The molecule has 3 amide bonds. The second-order valence-electron chi connectivity index (χ2n) is 8.09. The molecule has 1 aliphatic rings. The Kier molecular flexibility index (Phi) is 7.81. The van der Waals surface area contributed by atoms with E-state index in [1.54, 1.807) is 18.5 Å². The van der Waals surface area contributed by atoms with Crippen molar-refractivity contribution < 1.29 is 14.4 Å². The lowest BCUT2D eigenvalue weighted by Crippen LogP contribution is -2.47. The maximum Gasteiger partial charge on any atom is 0.256 e. The van der Waals surface area contributed by atoms with Crippen LogP contribution in [0.5, 0.6) is 0 Å². The Morgan fingerprint density at radius 1 is 1.06 bits per heavy atom. The minimum atomic E-state index is -0.227. The first-order chi connectivity index (χ1) is 14.9. The molecular weight excluding hydrogens is 412 g/mol. The number of hydrogen-bond acceptors (Lipinski definition) is 5. The average molecular weight is 443 g/mol. The zero-order valence-electron chi connectivity index (χ0n) is 18.2. The lowest BCUT2D eigenvalue weighted by molar-refractivity contribution is -0.122. The SMILES string of the molecule is CNC(=O)CN1CCC(NC(=O)c2ccsc2NC(=O)c2ccc(C(C)C)cc2)CC1. The molecule has 31 heavy (non-hydrogen) atoms. The van der Waals surface area contributed by atoms with Gasteiger partial charge < -0.3 is 16.0 Å². The molecule has 0 spiro atoms. The number of likely N-dealkylation sites (N-methyl/N-ethyl adjacent to an activating group) is 1. The number of benzene rings is 1. The van der Waals surface area contributed by atoms with Crippen LogP contribution >= 0.6 is 11.3 Å². The first kappa shape index (κ1) is 23.0. The number of hydrogen-bond donors (Lipinski definition) is 3. The smallest absolute Gasteiger partial charge is 0.256 e. The molecule has 166 valence electrons. The van der Waals surface area contributed by atoms with Crippen LogP contribution in [0.1, 0.15) is 58.9 Å². The van der Waals surface area contributed by atoms with Crippen molar-refractivity contribution in [3.8, 4) is 0 Å². The first-order valence-electron chi connectivity index (χ1n) is 10.6. The van der Waals surface area contributed by atoms with Crippen LogP contribution < -0.4 is 16.0 Å². The molecule has 0 radical (unpaired) electrons. The van der Waals surface area contributed by atoms with Crippen LogP contribution in [0.25, 0.3) is 0 Å². The molecule has 3 N–H and O–H groups in total. The van der Waals surface area contributed by atoms with Gasteiger partial charge in [0.1, 0.15) is 5.00 Å². The fourth-order valence-corrected chi connectivity index (χ4v) is 4.34. The van der Waals surface area contributed by atoms with E-state index in [1.807, 2.05) is 24.3 Å². The fraction of sp³-hybridized carbons (Fsp3) is 0.435. The van der Waals surface area contributed by atoms with E-state index in [4.69, 9.17) is 0 Å². The molecule has 1 aromatic heterocycles. The zero-order chi connectivity index (χ0) is 22.4. The highest BCUT2D eigenvalue weighted by Crippen LogP contribution is 2.25. The Morgan fingerprint density at radius 2 is 1.74 bits per heavy atom. The third-order valence-corrected chi connectivity index (χ3v) is 6.38. The van der Waals surface area contributed by atoms with Gasteiger partial charge in [-0.25, -0.2) is 0 Å². The number of amides is 3. The largest absolute Gasteiger partial charge is 0.358 e. The van der Waals surface area contributed by atoms with Crippen molar-refractivity contribution in [2.45, 2.75) is 38.6 Å². The molecule has 1 saturated heterocycles. The molecule has 0 bridgehead atoms. The summed E-state index contributed by atoms with van der Waals surface area (Å²) < 4.78 is 0. The molecule has 7 nitrogen and oxygen atoms in total. The van der Waals surface area contributed by atoms with Gasteiger partial charge in [0.05, 0.1) is 12.1 Å². The van der Waals surface area contributed by atoms with Gasteiger partial charge in [-0.1, -0.05) is 26.0 Å². The minimum absolute atomic E-state index is 0.0000112. The Morgan fingerprint density at radius 3 is 2.35 bits per heavy atom. The van der Waals surface area contributed by atoms with Crippen LogP contribution in [0, 0.1) is 0 Å². The number of piperidine rings is 1. The summed E-state index contributed by atoms with van der Waals surface area (Å²) in [5.41, 5.74) is 2.21. The Hall–Kier alpha value is -2.71. The standard InChI is InChI=1S/C23H30N4O3S/c1-15(2)16-4-6-17(7-5-16)21(29)26-23-19(10-13-31-23)22(30)25-18-8-11-27(12-9-18)14-20(28)24-3/h4-7,10,13,15,18H,8-9,11-12,14H2,1-3H3,(H,24,28)(H,25,30)(H,26,29). The van der Waals surface area contributed by atoms with Gasteiger partial charge >= 0.3 is 0 Å². The molecule has 1 fully saturated rings. The second kappa shape index (κ2) is 10.5. The van der Waals surface area contributed by atoms with Crippen molar-refractivity contribution in [1.82, 2.24) is 15.5 Å². The molecular formula is C23H30N4O3S. The van der Waals surface area contributed by atoms with E-state index in [-0.39, 0.29) is 23.8 Å². The van der Waals surface area contributed by atoms with E-state index < -0.39 is 0 Å².